The van der Waals surface area contributed by atoms with E-state index in [9.17, 15) is 0 Å². The van der Waals surface area contributed by atoms with Gasteiger partial charge in [0.05, 0.1) is 5.02 Å². The summed E-state index contributed by atoms with van der Waals surface area (Å²) in [5.74, 6) is 0. The lowest BCUT2D eigenvalue weighted by Gasteiger charge is -2.33. The Labute approximate surface area is 123 Å². The largest absolute Gasteiger partial charge is 0.326 e. The number of likely N-dealkylation sites (tertiary alicyclic amines) is 1. The fourth-order valence-corrected chi connectivity index (χ4v) is 3.21. The summed E-state index contributed by atoms with van der Waals surface area (Å²) in [6, 6.07) is 6.69. The van der Waals surface area contributed by atoms with Gasteiger partial charge < -0.3 is 5.73 Å². The quantitative estimate of drug-likeness (QED) is 0.888. The molecule has 0 bridgehead atoms. The van der Waals surface area contributed by atoms with E-state index in [4.69, 9.17) is 17.3 Å². The summed E-state index contributed by atoms with van der Waals surface area (Å²) < 4.78 is 0.943. The Kier molecular flexibility index (Phi) is 5.07. The van der Waals surface area contributed by atoms with Gasteiger partial charge in [0.15, 0.2) is 0 Å². The molecule has 2 nitrogen and oxygen atoms in total. The average Bonchev–Trinajstić information content (AvgIpc) is 2.54. The van der Waals surface area contributed by atoms with Gasteiger partial charge in [-0.25, -0.2) is 0 Å². The Balaban J connectivity index is 2.33. The van der Waals surface area contributed by atoms with Gasteiger partial charge in [0.2, 0.25) is 0 Å². The molecular weight excluding hydrogens is 312 g/mol. The Bertz CT molecular complexity index is 411. The van der Waals surface area contributed by atoms with E-state index in [0.29, 0.717) is 6.04 Å². The zero-order chi connectivity index (χ0) is 13.1. The first-order valence-electron chi connectivity index (χ1n) is 6.58. The molecule has 1 aromatic rings. The van der Waals surface area contributed by atoms with E-state index in [0.717, 1.165) is 29.0 Å². The second kappa shape index (κ2) is 6.38. The van der Waals surface area contributed by atoms with Crippen LogP contribution in [0.25, 0.3) is 0 Å². The number of nitrogens with zero attached hydrogens (tertiary/aromatic N) is 1. The number of hydrogen-bond acceptors (Lipinski definition) is 2. The maximum atomic E-state index is 6.37. The smallest absolute Gasteiger partial charge is 0.0551 e. The monoisotopic (exact) mass is 330 g/mol. The van der Waals surface area contributed by atoms with E-state index in [-0.39, 0.29) is 6.04 Å². The third-order valence-corrected chi connectivity index (χ3v) is 4.96. The maximum Gasteiger partial charge on any atom is 0.0551 e. The molecule has 2 N–H and O–H groups in total. The first-order chi connectivity index (χ1) is 8.63. The van der Waals surface area contributed by atoms with Crippen LogP contribution in [0, 0.1) is 0 Å². The fraction of sp³-hybridized carbons (Fsp3) is 0.571. The molecule has 18 heavy (non-hydrogen) atoms. The van der Waals surface area contributed by atoms with Crippen molar-refractivity contribution in [1.29, 1.82) is 0 Å². The van der Waals surface area contributed by atoms with Gasteiger partial charge in [0, 0.05) is 16.6 Å². The van der Waals surface area contributed by atoms with Crippen LogP contribution in [-0.4, -0.2) is 24.0 Å². The van der Waals surface area contributed by atoms with Crippen molar-refractivity contribution in [2.45, 2.75) is 38.3 Å². The van der Waals surface area contributed by atoms with Crippen molar-refractivity contribution in [3.63, 3.8) is 0 Å². The Hall–Kier alpha value is -0.0900. The Morgan fingerprint density at radius 3 is 2.89 bits per heavy atom. The molecular formula is C14H20BrClN2. The van der Waals surface area contributed by atoms with Crippen LogP contribution in [0.1, 0.15) is 37.8 Å². The van der Waals surface area contributed by atoms with Gasteiger partial charge in [-0.3, -0.25) is 4.90 Å². The molecule has 2 rings (SSSR count). The third-order valence-electron chi connectivity index (χ3n) is 3.72. The molecule has 4 heteroatoms. The highest BCUT2D eigenvalue weighted by Crippen LogP contribution is 2.32. The lowest BCUT2D eigenvalue weighted by atomic mass is 9.96. The molecule has 100 valence electrons. The summed E-state index contributed by atoms with van der Waals surface area (Å²) in [5, 5.41) is 0.764. The molecule has 0 radical (unpaired) electrons. The van der Waals surface area contributed by atoms with E-state index >= 15 is 0 Å². The van der Waals surface area contributed by atoms with Crippen molar-refractivity contribution >= 4 is 27.5 Å². The number of likely N-dealkylation sites (N-methyl/N-ethyl adjacent to an activating group) is 1. The van der Waals surface area contributed by atoms with Crippen LogP contribution in [0.5, 0.6) is 0 Å². The van der Waals surface area contributed by atoms with Crippen molar-refractivity contribution in [3.8, 4) is 0 Å². The topological polar surface area (TPSA) is 29.3 Å². The third kappa shape index (κ3) is 3.08. The van der Waals surface area contributed by atoms with Gasteiger partial charge in [0.1, 0.15) is 0 Å². The standard InChI is InChI=1S/C14H20BrClN2/c1-2-18-8-4-3-5-13(17)14(18)10-6-7-11(15)12(16)9-10/h6-7,9,13-14H,2-5,8,17H2,1H3. The SMILES string of the molecule is CCN1CCCCC(N)C1c1ccc(Br)c(Cl)c1. The summed E-state index contributed by atoms with van der Waals surface area (Å²) >= 11 is 9.65. The second-order valence-corrected chi connectivity index (χ2v) is 6.17. The molecule has 0 amide bonds. The van der Waals surface area contributed by atoms with Crippen molar-refractivity contribution in [2.24, 2.45) is 5.73 Å². The van der Waals surface area contributed by atoms with E-state index in [2.05, 4.69) is 33.8 Å². The zero-order valence-corrected chi connectivity index (χ0v) is 13.0. The van der Waals surface area contributed by atoms with Gasteiger partial charge in [-0.1, -0.05) is 31.0 Å². The van der Waals surface area contributed by atoms with Gasteiger partial charge >= 0.3 is 0 Å². The first kappa shape index (κ1) is 14.3. The molecule has 0 aromatic heterocycles. The van der Waals surface area contributed by atoms with Crippen LogP contribution < -0.4 is 5.73 Å². The summed E-state index contributed by atoms with van der Waals surface area (Å²) in [4.78, 5) is 2.47. The molecule has 1 aliphatic rings. The maximum absolute atomic E-state index is 6.37. The van der Waals surface area contributed by atoms with E-state index in [1.807, 2.05) is 12.1 Å². The molecule has 0 saturated carbocycles. The molecule has 1 saturated heterocycles. The molecule has 1 aromatic carbocycles. The van der Waals surface area contributed by atoms with Crippen molar-refractivity contribution < 1.29 is 0 Å². The van der Waals surface area contributed by atoms with E-state index in [1.54, 1.807) is 0 Å². The number of nitrogens with two attached hydrogens (primary N) is 1. The van der Waals surface area contributed by atoms with Crippen molar-refractivity contribution in [3.05, 3.63) is 33.3 Å². The van der Waals surface area contributed by atoms with E-state index < -0.39 is 0 Å². The highest BCUT2D eigenvalue weighted by atomic mass is 79.9. The van der Waals surface area contributed by atoms with E-state index in [1.165, 1.54) is 18.4 Å². The lowest BCUT2D eigenvalue weighted by Crippen LogP contribution is -2.39. The summed E-state index contributed by atoms with van der Waals surface area (Å²) in [7, 11) is 0. The van der Waals surface area contributed by atoms with Crippen LogP contribution >= 0.6 is 27.5 Å². The zero-order valence-electron chi connectivity index (χ0n) is 10.7. The predicted molar refractivity (Wildman–Crippen MR) is 81.0 cm³/mol. The normalized spacial score (nSPS) is 26.0. The van der Waals surface area contributed by atoms with Gasteiger partial charge in [-0.05, 0) is 59.6 Å². The number of hydrogen-bond donors (Lipinski definition) is 1. The Morgan fingerprint density at radius 2 is 2.22 bits per heavy atom. The van der Waals surface area contributed by atoms with Crippen LogP contribution in [0.15, 0.2) is 22.7 Å². The van der Waals surface area contributed by atoms with Crippen LogP contribution in [0.2, 0.25) is 5.02 Å². The average molecular weight is 332 g/mol. The minimum absolute atomic E-state index is 0.199. The molecule has 0 spiro atoms. The summed E-state index contributed by atoms with van der Waals surface area (Å²) in [6.45, 7) is 4.36. The lowest BCUT2D eigenvalue weighted by molar-refractivity contribution is 0.195. The number of halogens is 2. The van der Waals surface area contributed by atoms with Gasteiger partial charge in [0.25, 0.3) is 0 Å². The van der Waals surface area contributed by atoms with Crippen molar-refractivity contribution in [2.75, 3.05) is 13.1 Å². The van der Waals surface area contributed by atoms with Crippen molar-refractivity contribution in [1.82, 2.24) is 4.90 Å². The summed E-state index contributed by atoms with van der Waals surface area (Å²) in [6.07, 6.45) is 3.55. The highest BCUT2D eigenvalue weighted by molar-refractivity contribution is 9.10. The second-order valence-electron chi connectivity index (χ2n) is 4.91. The number of benzene rings is 1. The molecule has 1 heterocycles. The molecule has 1 fully saturated rings. The summed E-state index contributed by atoms with van der Waals surface area (Å²) in [5.41, 5.74) is 7.60. The predicted octanol–water partition coefficient (Wildman–Crippen LogP) is 3.98. The minimum Gasteiger partial charge on any atom is -0.326 e. The molecule has 2 unspecified atom stereocenters. The molecule has 2 atom stereocenters. The first-order valence-corrected chi connectivity index (χ1v) is 7.75. The minimum atomic E-state index is 0.199. The molecule has 0 aliphatic carbocycles. The van der Waals surface area contributed by atoms with Crippen LogP contribution in [-0.2, 0) is 0 Å². The van der Waals surface area contributed by atoms with Crippen LogP contribution in [0.3, 0.4) is 0 Å². The van der Waals surface area contributed by atoms with Gasteiger partial charge in [-0.15, -0.1) is 0 Å². The Morgan fingerprint density at radius 1 is 1.44 bits per heavy atom. The number of rotatable bonds is 2. The van der Waals surface area contributed by atoms with Gasteiger partial charge in [-0.2, -0.15) is 0 Å². The van der Waals surface area contributed by atoms with Crippen LogP contribution in [0.4, 0.5) is 0 Å². The fourth-order valence-electron chi connectivity index (χ4n) is 2.77. The molecule has 1 aliphatic heterocycles. The highest BCUT2D eigenvalue weighted by Gasteiger charge is 2.28.